The minimum absolute atomic E-state index is 0.0421. The van der Waals surface area contributed by atoms with Gasteiger partial charge in [-0.3, -0.25) is 4.90 Å². The molecule has 1 saturated heterocycles. The van der Waals surface area contributed by atoms with Crippen LogP contribution in [0.4, 0.5) is 10.5 Å². The number of amides is 2. The number of nitrogens with zero attached hydrogens (tertiary/aromatic N) is 2. The van der Waals surface area contributed by atoms with E-state index in [1.807, 2.05) is 19.2 Å². The van der Waals surface area contributed by atoms with Crippen molar-refractivity contribution in [3.05, 3.63) is 29.8 Å². The number of unbranched alkanes of at least 4 members (excludes halogenated alkanes) is 1. The lowest BCUT2D eigenvalue weighted by Crippen LogP contribution is -2.37. The topological polar surface area (TPSA) is 44.8 Å². The molecule has 1 aromatic rings. The molecular weight excluding hydrogens is 290 g/mol. The molecule has 2 rings (SSSR count). The summed E-state index contributed by atoms with van der Waals surface area (Å²) in [7, 11) is 1.84. The first-order valence-electron chi connectivity index (χ1n) is 8.60. The molecule has 5 heteroatoms. The van der Waals surface area contributed by atoms with E-state index in [-0.39, 0.29) is 6.03 Å². The Morgan fingerprint density at radius 3 is 2.61 bits per heavy atom. The van der Waals surface area contributed by atoms with Gasteiger partial charge in [-0.15, -0.1) is 0 Å². The summed E-state index contributed by atoms with van der Waals surface area (Å²) in [5.41, 5.74) is 2.15. The Kier molecular flexibility index (Phi) is 7.36. The van der Waals surface area contributed by atoms with E-state index in [2.05, 4.69) is 29.3 Å². The summed E-state index contributed by atoms with van der Waals surface area (Å²) in [4.78, 5) is 16.2. The molecule has 5 nitrogen and oxygen atoms in total. The smallest absolute Gasteiger partial charge is 0.321 e. The molecule has 1 aliphatic rings. The van der Waals surface area contributed by atoms with Gasteiger partial charge in [-0.2, -0.15) is 0 Å². The number of carbonyl (C=O) groups is 1. The molecule has 0 aliphatic carbocycles. The SMILES string of the molecule is CCCCN(C)C(=O)Nc1ccc(CCN2CCOCC2)cc1. The van der Waals surface area contributed by atoms with Crippen LogP contribution in [-0.4, -0.2) is 62.3 Å². The zero-order valence-electron chi connectivity index (χ0n) is 14.4. The fraction of sp³-hybridized carbons (Fsp3) is 0.611. The molecule has 1 aliphatic heterocycles. The van der Waals surface area contributed by atoms with Crippen LogP contribution >= 0.6 is 0 Å². The number of hydrogen-bond donors (Lipinski definition) is 1. The quantitative estimate of drug-likeness (QED) is 0.840. The Labute approximate surface area is 139 Å². The van der Waals surface area contributed by atoms with Gasteiger partial charge in [0.15, 0.2) is 0 Å². The lowest BCUT2D eigenvalue weighted by Gasteiger charge is -2.26. The molecule has 2 amide bonds. The number of hydrogen-bond acceptors (Lipinski definition) is 3. The largest absolute Gasteiger partial charge is 0.379 e. The predicted octanol–water partition coefficient (Wildman–Crippen LogP) is 2.83. The Hall–Kier alpha value is -1.59. The van der Waals surface area contributed by atoms with E-state index in [9.17, 15) is 4.79 Å². The Morgan fingerprint density at radius 2 is 1.96 bits per heavy atom. The van der Waals surface area contributed by atoms with Gasteiger partial charge in [0.1, 0.15) is 0 Å². The van der Waals surface area contributed by atoms with Gasteiger partial charge in [-0.25, -0.2) is 4.79 Å². The number of rotatable bonds is 7. The van der Waals surface area contributed by atoms with E-state index in [1.165, 1.54) is 5.56 Å². The molecule has 0 aromatic heterocycles. The second-order valence-electron chi connectivity index (χ2n) is 6.11. The third-order valence-corrected chi connectivity index (χ3v) is 4.22. The van der Waals surface area contributed by atoms with Crippen LogP contribution in [0.2, 0.25) is 0 Å². The van der Waals surface area contributed by atoms with Crippen molar-refractivity contribution in [2.45, 2.75) is 26.2 Å². The van der Waals surface area contributed by atoms with Crippen molar-refractivity contribution < 1.29 is 9.53 Å². The molecule has 128 valence electrons. The third kappa shape index (κ3) is 6.20. The molecule has 0 spiro atoms. The third-order valence-electron chi connectivity index (χ3n) is 4.22. The molecule has 0 unspecified atom stereocenters. The zero-order valence-corrected chi connectivity index (χ0v) is 14.4. The van der Waals surface area contributed by atoms with Crippen LogP contribution in [0.1, 0.15) is 25.3 Å². The summed E-state index contributed by atoms with van der Waals surface area (Å²) >= 11 is 0. The van der Waals surface area contributed by atoms with Gasteiger partial charge in [0.2, 0.25) is 0 Å². The van der Waals surface area contributed by atoms with Gasteiger partial charge in [0.05, 0.1) is 13.2 Å². The Morgan fingerprint density at radius 1 is 1.26 bits per heavy atom. The number of ether oxygens (including phenoxy) is 1. The standard InChI is InChI=1S/C18H29N3O2/c1-3-4-10-20(2)18(22)19-17-7-5-16(6-8-17)9-11-21-12-14-23-15-13-21/h5-8H,3-4,9-15H2,1-2H3,(H,19,22). The number of nitrogens with one attached hydrogen (secondary N) is 1. The Balaban J connectivity index is 1.76. The number of anilines is 1. The van der Waals surface area contributed by atoms with E-state index in [0.29, 0.717) is 0 Å². The molecule has 0 bridgehead atoms. The monoisotopic (exact) mass is 319 g/mol. The fourth-order valence-electron chi connectivity index (χ4n) is 2.58. The summed E-state index contributed by atoms with van der Waals surface area (Å²) in [5.74, 6) is 0. The van der Waals surface area contributed by atoms with Crippen molar-refractivity contribution in [1.29, 1.82) is 0 Å². The fourth-order valence-corrected chi connectivity index (χ4v) is 2.58. The van der Waals surface area contributed by atoms with Crippen LogP contribution in [0.25, 0.3) is 0 Å². The summed E-state index contributed by atoms with van der Waals surface area (Å²) in [6.45, 7) is 7.72. The van der Waals surface area contributed by atoms with Crippen LogP contribution in [0.5, 0.6) is 0 Å². The van der Waals surface area contributed by atoms with Crippen LogP contribution in [0.3, 0.4) is 0 Å². The average Bonchev–Trinajstić information content (AvgIpc) is 2.60. The number of urea groups is 1. The first-order chi connectivity index (χ1) is 11.2. The molecule has 1 fully saturated rings. The number of carbonyl (C=O) groups excluding carboxylic acids is 1. The van der Waals surface area contributed by atoms with Crippen LogP contribution in [-0.2, 0) is 11.2 Å². The highest BCUT2D eigenvalue weighted by Gasteiger charge is 2.10. The summed E-state index contributed by atoms with van der Waals surface area (Å²) in [6.07, 6.45) is 3.16. The molecule has 1 aromatic carbocycles. The normalized spacial score (nSPS) is 15.4. The van der Waals surface area contributed by atoms with E-state index in [4.69, 9.17) is 4.74 Å². The molecular formula is C18H29N3O2. The summed E-state index contributed by atoms with van der Waals surface area (Å²) in [6, 6.07) is 8.13. The van der Waals surface area contributed by atoms with Gasteiger partial charge in [0, 0.05) is 38.9 Å². The maximum absolute atomic E-state index is 12.0. The van der Waals surface area contributed by atoms with Crippen molar-refractivity contribution in [1.82, 2.24) is 9.80 Å². The van der Waals surface area contributed by atoms with Crippen LogP contribution in [0.15, 0.2) is 24.3 Å². The molecule has 1 heterocycles. The highest BCUT2D eigenvalue weighted by molar-refractivity contribution is 5.89. The van der Waals surface area contributed by atoms with Gasteiger partial charge in [-0.05, 0) is 30.5 Å². The summed E-state index contributed by atoms with van der Waals surface area (Å²) < 4.78 is 5.36. The van der Waals surface area contributed by atoms with E-state index < -0.39 is 0 Å². The average molecular weight is 319 g/mol. The highest BCUT2D eigenvalue weighted by atomic mass is 16.5. The molecule has 0 atom stereocenters. The van der Waals surface area contributed by atoms with Crippen molar-refractivity contribution in [2.24, 2.45) is 0 Å². The van der Waals surface area contributed by atoms with Gasteiger partial charge >= 0.3 is 6.03 Å². The van der Waals surface area contributed by atoms with E-state index in [1.54, 1.807) is 4.90 Å². The van der Waals surface area contributed by atoms with Gasteiger partial charge < -0.3 is 15.0 Å². The van der Waals surface area contributed by atoms with E-state index >= 15 is 0 Å². The lowest BCUT2D eigenvalue weighted by atomic mass is 10.1. The second-order valence-corrected chi connectivity index (χ2v) is 6.11. The number of benzene rings is 1. The van der Waals surface area contributed by atoms with Crippen molar-refractivity contribution >= 4 is 11.7 Å². The predicted molar refractivity (Wildman–Crippen MR) is 94.0 cm³/mol. The highest BCUT2D eigenvalue weighted by Crippen LogP contribution is 2.12. The van der Waals surface area contributed by atoms with Gasteiger partial charge in [0.25, 0.3) is 0 Å². The first-order valence-corrected chi connectivity index (χ1v) is 8.60. The minimum Gasteiger partial charge on any atom is -0.379 e. The Bertz CT molecular complexity index is 470. The van der Waals surface area contributed by atoms with Crippen molar-refractivity contribution in [2.75, 3.05) is 51.8 Å². The molecule has 0 saturated carbocycles. The van der Waals surface area contributed by atoms with Crippen LogP contribution in [0, 0.1) is 0 Å². The summed E-state index contributed by atoms with van der Waals surface area (Å²) in [5, 5.41) is 2.94. The maximum atomic E-state index is 12.0. The molecule has 1 N–H and O–H groups in total. The van der Waals surface area contributed by atoms with Crippen molar-refractivity contribution in [3.63, 3.8) is 0 Å². The molecule has 23 heavy (non-hydrogen) atoms. The maximum Gasteiger partial charge on any atom is 0.321 e. The zero-order chi connectivity index (χ0) is 16.5. The molecule has 0 radical (unpaired) electrons. The van der Waals surface area contributed by atoms with Crippen LogP contribution < -0.4 is 5.32 Å². The number of morpholine rings is 1. The van der Waals surface area contributed by atoms with Gasteiger partial charge in [-0.1, -0.05) is 25.5 Å². The minimum atomic E-state index is -0.0421. The first kappa shape index (κ1) is 17.8. The van der Waals surface area contributed by atoms with E-state index in [0.717, 1.165) is 64.3 Å². The second kappa shape index (κ2) is 9.53. The lowest BCUT2D eigenvalue weighted by molar-refractivity contribution is 0.0384. The van der Waals surface area contributed by atoms with Crippen molar-refractivity contribution in [3.8, 4) is 0 Å².